The van der Waals surface area contributed by atoms with Crippen molar-refractivity contribution < 1.29 is 9.47 Å². The molecule has 0 bridgehead atoms. The Labute approximate surface area is 176 Å². The third-order valence-electron chi connectivity index (χ3n) is 5.63. The number of rotatable bonds is 7. The fourth-order valence-electron chi connectivity index (χ4n) is 3.76. The van der Waals surface area contributed by atoms with Gasteiger partial charge in [-0.1, -0.05) is 39.8 Å². The van der Waals surface area contributed by atoms with Crippen LogP contribution in [0.3, 0.4) is 0 Å². The van der Waals surface area contributed by atoms with Crippen LogP contribution in [0.5, 0.6) is 11.5 Å². The smallest absolute Gasteiger partial charge is 0.119 e. The first kappa shape index (κ1) is 21.5. The van der Waals surface area contributed by atoms with E-state index in [9.17, 15) is 0 Å². The summed E-state index contributed by atoms with van der Waals surface area (Å²) in [6, 6.07) is 16.9. The maximum Gasteiger partial charge on any atom is 0.119 e. The fourth-order valence-corrected chi connectivity index (χ4v) is 3.76. The van der Waals surface area contributed by atoms with Gasteiger partial charge >= 0.3 is 0 Å². The molecule has 1 unspecified atom stereocenters. The second-order valence-electron chi connectivity index (χ2n) is 9.18. The molecule has 0 radical (unpaired) electrons. The molecule has 1 fully saturated rings. The summed E-state index contributed by atoms with van der Waals surface area (Å²) in [5.74, 6) is 2.38. The number of hydrogen-bond acceptors (Lipinski definition) is 4. The van der Waals surface area contributed by atoms with Crippen molar-refractivity contribution in [1.29, 1.82) is 0 Å². The summed E-state index contributed by atoms with van der Waals surface area (Å²) in [6.45, 7) is 15.1. The Bertz CT molecular complexity index is 742. The molecular formula is C25H36N2O2. The normalized spacial score (nSPS) is 16.5. The first-order valence-corrected chi connectivity index (χ1v) is 10.7. The zero-order valence-electron chi connectivity index (χ0n) is 18.6. The van der Waals surface area contributed by atoms with Crippen LogP contribution in [0.15, 0.2) is 48.5 Å². The maximum atomic E-state index is 6.04. The van der Waals surface area contributed by atoms with Crippen molar-refractivity contribution in [1.82, 2.24) is 4.90 Å². The Morgan fingerprint density at radius 1 is 0.862 bits per heavy atom. The van der Waals surface area contributed by atoms with E-state index in [1.165, 1.54) is 11.3 Å². The molecule has 0 spiro atoms. The molecule has 1 atom stereocenters. The minimum Gasteiger partial charge on any atom is -0.497 e. The van der Waals surface area contributed by atoms with E-state index >= 15 is 0 Å². The average molecular weight is 397 g/mol. The number of piperazine rings is 1. The summed E-state index contributed by atoms with van der Waals surface area (Å²) >= 11 is 0. The fraction of sp³-hybridized carbons (Fsp3) is 0.520. The molecule has 1 heterocycles. The number of benzene rings is 2. The van der Waals surface area contributed by atoms with Gasteiger partial charge in [0.15, 0.2) is 0 Å². The van der Waals surface area contributed by atoms with Gasteiger partial charge < -0.3 is 14.4 Å². The van der Waals surface area contributed by atoms with E-state index < -0.39 is 0 Å². The highest BCUT2D eigenvalue weighted by atomic mass is 16.5. The SMILES string of the molecule is COc1ccc(N2CCN(CC(C)COc3ccc(C(C)(C)C)cc3)CC2)cc1. The lowest BCUT2D eigenvalue weighted by Gasteiger charge is -2.37. The van der Waals surface area contributed by atoms with Crippen molar-refractivity contribution in [3.63, 3.8) is 0 Å². The van der Waals surface area contributed by atoms with Crippen molar-refractivity contribution in [3.05, 3.63) is 54.1 Å². The number of methoxy groups -OCH3 is 1. The van der Waals surface area contributed by atoms with Crippen molar-refractivity contribution in [2.45, 2.75) is 33.1 Å². The molecule has 1 aliphatic rings. The lowest BCUT2D eigenvalue weighted by Crippen LogP contribution is -2.48. The van der Waals surface area contributed by atoms with Crippen LogP contribution in [0.25, 0.3) is 0 Å². The van der Waals surface area contributed by atoms with Crippen molar-refractivity contribution in [3.8, 4) is 11.5 Å². The highest BCUT2D eigenvalue weighted by molar-refractivity contribution is 5.49. The van der Waals surface area contributed by atoms with Crippen LogP contribution in [-0.4, -0.2) is 51.3 Å². The summed E-state index contributed by atoms with van der Waals surface area (Å²) in [7, 11) is 1.71. The molecule has 4 nitrogen and oxygen atoms in total. The van der Waals surface area contributed by atoms with Crippen LogP contribution in [0.4, 0.5) is 5.69 Å². The lowest BCUT2D eigenvalue weighted by atomic mass is 9.87. The molecule has 0 amide bonds. The van der Waals surface area contributed by atoms with Crippen LogP contribution in [0.2, 0.25) is 0 Å². The standard InChI is InChI=1S/C25H36N2O2/c1-20(19-29-24-10-6-21(7-11-24)25(2,3)4)18-26-14-16-27(17-15-26)22-8-12-23(28-5)13-9-22/h6-13,20H,14-19H2,1-5H3. The second kappa shape index (κ2) is 9.53. The number of ether oxygens (including phenoxy) is 2. The quantitative estimate of drug-likeness (QED) is 0.669. The minimum atomic E-state index is 0.180. The monoisotopic (exact) mass is 396 g/mol. The Kier molecular flexibility index (Phi) is 7.07. The van der Waals surface area contributed by atoms with E-state index in [0.29, 0.717) is 5.92 Å². The van der Waals surface area contributed by atoms with Gasteiger partial charge in [0.1, 0.15) is 11.5 Å². The summed E-state index contributed by atoms with van der Waals surface area (Å²) in [5.41, 5.74) is 2.80. The number of hydrogen-bond donors (Lipinski definition) is 0. The van der Waals surface area contributed by atoms with E-state index in [0.717, 1.165) is 50.8 Å². The van der Waals surface area contributed by atoms with Gasteiger partial charge in [-0.15, -0.1) is 0 Å². The average Bonchev–Trinajstić information content (AvgIpc) is 2.72. The molecule has 0 N–H and O–H groups in total. The summed E-state index contributed by atoms with van der Waals surface area (Å²) < 4.78 is 11.3. The molecule has 1 aliphatic heterocycles. The molecule has 4 heteroatoms. The zero-order valence-corrected chi connectivity index (χ0v) is 18.6. The van der Waals surface area contributed by atoms with Crippen LogP contribution < -0.4 is 14.4 Å². The van der Waals surface area contributed by atoms with Gasteiger partial charge in [-0.05, 0) is 47.4 Å². The summed E-state index contributed by atoms with van der Waals surface area (Å²) in [6.07, 6.45) is 0. The van der Waals surface area contributed by atoms with Gasteiger partial charge in [0.05, 0.1) is 13.7 Å². The summed E-state index contributed by atoms with van der Waals surface area (Å²) in [5, 5.41) is 0. The Hall–Kier alpha value is -2.20. The molecule has 3 rings (SSSR count). The largest absolute Gasteiger partial charge is 0.497 e. The van der Waals surface area contributed by atoms with Crippen LogP contribution in [0.1, 0.15) is 33.3 Å². The van der Waals surface area contributed by atoms with Crippen molar-refractivity contribution >= 4 is 5.69 Å². The highest BCUT2D eigenvalue weighted by Gasteiger charge is 2.19. The van der Waals surface area contributed by atoms with Crippen LogP contribution >= 0.6 is 0 Å². The molecule has 0 saturated carbocycles. The van der Waals surface area contributed by atoms with Gasteiger partial charge in [0, 0.05) is 44.3 Å². The van der Waals surface area contributed by atoms with E-state index in [4.69, 9.17) is 9.47 Å². The van der Waals surface area contributed by atoms with E-state index in [2.05, 4.69) is 73.9 Å². The number of nitrogens with zero attached hydrogens (tertiary/aromatic N) is 2. The van der Waals surface area contributed by atoms with Gasteiger partial charge in [-0.2, -0.15) is 0 Å². The Morgan fingerprint density at radius 3 is 2.00 bits per heavy atom. The van der Waals surface area contributed by atoms with Crippen LogP contribution in [-0.2, 0) is 5.41 Å². The highest BCUT2D eigenvalue weighted by Crippen LogP contribution is 2.25. The molecule has 1 saturated heterocycles. The molecule has 158 valence electrons. The topological polar surface area (TPSA) is 24.9 Å². The van der Waals surface area contributed by atoms with Gasteiger partial charge in [0.2, 0.25) is 0 Å². The molecule has 29 heavy (non-hydrogen) atoms. The predicted octanol–water partition coefficient (Wildman–Crippen LogP) is 4.83. The van der Waals surface area contributed by atoms with Gasteiger partial charge in [0.25, 0.3) is 0 Å². The molecular weight excluding hydrogens is 360 g/mol. The van der Waals surface area contributed by atoms with Gasteiger partial charge in [-0.25, -0.2) is 0 Å². The molecule has 2 aromatic rings. The minimum absolute atomic E-state index is 0.180. The third-order valence-corrected chi connectivity index (χ3v) is 5.63. The first-order valence-electron chi connectivity index (χ1n) is 10.7. The van der Waals surface area contributed by atoms with Gasteiger partial charge in [-0.3, -0.25) is 4.90 Å². The Morgan fingerprint density at radius 2 is 1.45 bits per heavy atom. The van der Waals surface area contributed by atoms with E-state index in [1.54, 1.807) is 7.11 Å². The molecule has 0 aromatic heterocycles. The first-order chi connectivity index (χ1) is 13.8. The third kappa shape index (κ3) is 6.14. The van der Waals surface area contributed by atoms with Crippen molar-refractivity contribution in [2.75, 3.05) is 51.3 Å². The zero-order chi connectivity index (χ0) is 20.9. The lowest BCUT2D eigenvalue weighted by molar-refractivity contribution is 0.178. The number of anilines is 1. The summed E-state index contributed by atoms with van der Waals surface area (Å²) in [4.78, 5) is 5.00. The predicted molar refractivity (Wildman–Crippen MR) is 121 cm³/mol. The molecule has 0 aliphatic carbocycles. The molecule has 2 aromatic carbocycles. The van der Waals surface area contributed by atoms with Crippen LogP contribution in [0, 0.1) is 5.92 Å². The van der Waals surface area contributed by atoms with Crippen molar-refractivity contribution in [2.24, 2.45) is 5.92 Å². The van der Waals surface area contributed by atoms with E-state index in [1.807, 2.05) is 12.1 Å². The Balaban J connectivity index is 1.40. The second-order valence-corrected chi connectivity index (χ2v) is 9.18. The van der Waals surface area contributed by atoms with E-state index in [-0.39, 0.29) is 5.41 Å². The maximum absolute atomic E-state index is 6.04.